The third-order valence-electron chi connectivity index (χ3n) is 5.61. The Morgan fingerprint density at radius 1 is 1.05 bits per heavy atom. The highest BCUT2D eigenvalue weighted by Gasteiger charge is 2.46. The maximum atomic E-state index is 2.47. The number of aryl methyl sites for hydroxylation is 1. The van der Waals surface area contributed by atoms with Crippen molar-refractivity contribution >= 4 is 0 Å². The zero-order chi connectivity index (χ0) is 13.3. The SMILES string of the molecule is CCCc1cccc(C23CCC(CC2)C3)c1CCC. The van der Waals surface area contributed by atoms with Crippen LogP contribution < -0.4 is 0 Å². The van der Waals surface area contributed by atoms with Crippen molar-refractivity contribution in [3.63, 3.8) is 0 Å². The Balaban J connectivity index is 2.02. The molecule has 19 heavy (non-hydrogen) atoms. The minimum atomic E-state index is 0.582. The largest absolute Gasteiger partial charge is 0.0651 e. The zero-order valence-corrected chi connectivity index (χ0v) is 12.7. The molecule has 0 radical (unpaired) electrons. The summed E-state index contributed by atoms with van der Waals surface area (Å²) in [4.78, 5) is 0. The molecule has 1 aromatic rings. The number of benzene rings is 1. The molecule has 2 bridgehead atoms. The van der Waals surface area contributed by atoms with Gasteiger partial charge in [-0.05, 0) is 73.0 Å². The average molecular weight is 256 g/mol. The third kappa shape index (κ3) is 2.24. The summed E-state index contributed by atoms with van der Waals surface area (Å²) < 4.78 is 0. The van der Waals surface area contributed by atoms with Crippen LogP contribution in [0.2, 0.25) is 0 Å². The van der Waals surface area contributed by atoms with E-state index in [9.17, 15) is 0 Å². The lowest BCUT2D eigenvalue weighted by atomic mass is 9.74. The van der Waals surface area contributed by atoms with Crippen molar-refractivity contribution in [2.75, 3.05) is 0 Å². The number of fused-ring (bicyclic) bond motifs is 2. The molecule has 0 atom stereocenters. The highest BCUT2D eigenvalue weighted by atomic mass is 14.5. The van der Waals surface area contributed by atoms with Crippen molar-refractivity contribution in [3.8, 4) is 0 Å². The van der Waals surface area contributed by atoms with E-state index >= 15 is 0 Å². The molecule has 0 nitrogen and oxygen atoms in total. The highest BCUT2D eigenvalue weighted by molar-refractivity contribution is 5.42. The molecule has 0 saturated heterocycles. The smallest absolute Gasteiger partial charge is 0.00413 e. The maximum Gasteiger partial charge on any atom is -0.00413 e. The van der Waals surface area contributed by atoms with Crippen LogP contribution >= 0.6 is 0 Å². The number of hydrogen-bond donors (Lipinski definition) is 0. The molecule has 0 heteroatoms. The second-order valence-electron chi connectivity index (χ2n) is 6.87. The minimum Gasteiger partial charge on any atom is -0.0651 e. The molecule has 3 rings (SSSR count). The predicted octanol–water partition coefficient (Wildman–Crippen LogP) is 5.42. The third-order valence-corrected chi connectivity index (χ3v) is 5.61. The molecule has 0 N–H and O–H groups in total. The van der Waals surface area contributed by atoms with Crippen molar-refractivity contribution < 1.29 is 0 Å². The Morgan fingerprint density at radius 2 is 1.79 bits per heavy atom. The molecular formula is C19H28. The summed E-state index contributed by atoms with van der Waals surface area (Å²) in [6, 6.07) is 7.19. The molecule has 0 heterocycles. The van der Waals surface area contributed by atoms with Gasteiger partial charge < -0.3 is 0 Å². The first-order valence-corrected chi connectivity index (χ1v) is 8.40. The number of rotatable bonds is 5. The van der Waals surface area contributed by atoms with E-state index < -0.39 is 0 Å². The molecule has 0 aromatic heterocycles. The Bertz CT molecular complexity index is 435. The van der Waals surface area contributed by atoms with Crippen LogP contribution in [0.25, 0.3) is 0 Å². The van der Waals surface area contributed by atoms with Gasteiger partial charge in [-0.1, -0.05) is 44.9 Å². The van der Waals surface area contributed by atoms with Crippen LogP contribution in [0.4, 0.5) is 0 Å². The molecule has 2 aliphatic rings. The normalized spacial score (nSPS) is 29.1. The van der Waals surface area contributed by atoms with Gasteiger partial charge in [0.05, 0.1) is 0 Å². The maximum absolute atomic E-state index is 2.47. The summed E-state index contributed by atoms with van der Waals surface area (Å²) >= 11 is 0. The van der Waals surface area contributed by atoms with Crippen LogP contribution in [0.15, 0.2) is 18.2 Å². The fourth-order valence-corrected chi connectivity index (χ4v) is 4.75. The van der Waals surface area contributed by atoms with Crippen LogP contribution in [0.1, 0.15) is 75.5 Å². The van der Waals surface area contributed by atoms with Gasteiger partial charge in [-0.15, -0.1) is 0 Å². The summed E-state index contributed by atoms with van der Waals surface area (Å²) in [5.74, 6) is 1.05. The fraction of sp³-hybridized carbons (Fsp3) is 0.684. The van der Waals surface area contributed by atoms with Gasteiger partial charge in [0.1, 0.15) is 0 Å². The molecular weight excluding hydrogens is 228 g/mol. The Kier molecular flexibility index (Phi) is 3.69. The Hall–Kier alpha value is -0.780. The van der Waals surface area contributed by atoms with Gasteiger partial charge in [0.2, 0.25) is 0 Å². The summed E-state index contributed by atoms with van der Waals surface area (Å²) in [5, 5.41) is 0. The average Bonchev–Trinajstić information content (AvgIpc) is 3.03. The number of hydrogen-bond acceptors (Lipinski definition) is 0. The monoisotopic (exact) mass is 256 g/mol. The predicted molar refractivity (Wildman–Crippen MR) is 82.7 cm³/mol. The van der Waals surface area contributed by atoms with E-state index in [1.165, 1.54) is 57.8 Å². The van der Waals surface area contributed by atoms with E-state index in [0.29, 0.717) is 5.41 Å². The second-order valence-corrected chi connectivity index (χ2v) is 6.87. The van der Waals surface area contributed by atoms with Crippen LogP contribution in [-0.4, -0.2) is 0 Å². The molecule has 2 fully saturated rings. The van der Waals surface area contributed by atoms with E-state index in [1.807, 2.05) is 0 Å². The van der Waals surface area contributed by atoms with Crippen molar-refractivity contribution in [3.05, 3.63) is 34.9 Å². The molecule has 2 aliphatic carbocycles. The molecule has 1 aromatic carbocycles. The van der Waals surface area contributed by atoms with E-state index in [-0.39, 0.29) is 0 Å². The van der Waals surface area contributed by atoms with Crippen molar-refractivity contribution in [2.24, 2.45) is 5.92 Å². The van der Waals surface area contributed by atoms with Gasteiger partial charge in [-0.2, -0.15) is 0 Å². The van der Waals surface area contributed by atoms with Gasteiger partial charge in [0.25, 0.3) is 0 Å². The lowest BCUT2D eigenvalue weighted by Crippen LogP contribution is -2.22. The first-order valence-electron chi connectivity index (χ1n) is 8.40. The molecule has 0 aliphatic heterocycles. The highest BCUT2D eigenvalue weighted by Crippen LogP contribution is 2.56. The Labute approximate surface area is 118 Å². The molecule has 104 valence electrons. The summed E-state index contributed by atoms with van der Waals surface area (Å²) in [6.07, 6.45) is 12.5. The first kappa shape index (κ1) is 13.2. The van der Waals surface area contributed by atoms with Gasteiger partial charge >= 0.3 is 0 Å². The summed E-state index contributed by atoms with van der Waals surface area (Å²) in [5.41, 5.74) is 5.71. The van der Waals surface area contributed by atoms with Gasteiger partial charge in [-0.3, -0.25) is 0 Å². The van der Waals surface area contributed by atoms with Crippen molar-refractivity contribution in [1.82, 2.24) is 0 Å². The molecule has 2 saturated carbocycles. The lowest BCUT2D eigenvalue weighted by molar-refractivity contribution is 0.415. The van der Waals surface area contributed by atoms with E-state index in [1.54, 1.807) is 16.7 Å². The van der Waals surface area contributed by atoms with Crippen LogP contribution in [0.5, 0.6) is 0 Å². The second kappa shape index (κ2) is 5.31. The fourth-order valence-electron chi connectivity index (χ4n) is 4.75. The molecule has 0 unspecified atom stereocenters. The topological polar surface area (TPSA) is 0 Å². The van der Waals surface area contributed by atoms with Crippen LogP contribution in [0, 0.1) is 5.92 Å². The zero-order valence-electron chi connectivity index (χ0n) is 12.7. The first-order chi connectivity index (χ1) is 9.29. The Morgan fingerprint density at radius 3 is 2.37 bits per heavy atom. The summed E-state index contributed by atoms with van der Waals surface area (Å²) in [7, 11) is 0. The standard InChI is InChI=1S/C19H28/c1-3-6-16-8-5-9-18(17(16)7-4-2)19-12-10-15(14-19)11-13-19/h5,8-9,15H,3-4,6-7,10-14H2,1-2H3. The van der Waals surface area contributed by atoms with Gasteiger partial charge in [0, 0.05) is 0 Å². The quantitative estimate of drug-likeness (QED) is 0.659. The molecule has 0 spiro atoms. The van der Waals surface area contributed by atoms with E-state index in [0.717, 1.165) is 5.92 Å². The van der Waals surface area contributed by atoms with E-state index in [2.05, 4.69) is 32.0 Å². The minimum absolute atomic E-state index is 0.582. The van der Waals surface area contributed by atoms with E-state index in [4.69, 9.17) is 0 Å². The van der Waals surface area contributed by atoms with Crippen LogP contribution in [0.3, 0.4) is 0 Å². The van der Waals surface area contributed by atoms with Gasteiger partial charge in [-0.25, -0.2) is 0 Å². The van der Waals surface area contributed by atoms with Gasteiger partial charge in [0.15, 0.2) is 0 Å². The lowest BCUT2D eigenvalue weighted by Gasteiger charge is -2.31. The van der Waals surface area contributed by atoms with Crippen LogP contribution in [-0.2, 0) is 18.3 Å². The van der Waals surface area contributed by atoms with Crippen molar-refractivity contribution in [2.45, 2.75) is 77.0 Å². The summed E-state index contributed by atoms with van der Waals surface area (Å²) in [6.45, 7) is 4.64. The molecule has 0 amide bonds. The van der Waals surface area contributed by atoms with Crippen molar-refractivity contribution in [1.29, 1.82) is 0 Å².